The average molecular weight is 455 g/mol. The predicted molar refractivity (Wildman–Crippen MR) is 119 cm³/mol. The number of H-pyrrole nitrogens is 1. The van der Waals surface area contributed by atoms with E-state index < -0.39 is 11.9 Å². The van der Waals surface area contributed by atoms with Gasteiger partial charge in [-0.3, -0.25) is 4.79 Å². The first-order chi connectivity index (χ1) is 15.1. The number of carbonyl (C=O) groups is 1. The largest absolute Gasteiger partial charge is 0.481 e. The first-order valence-corrected chi connectivity index (χ1v) is 11.6. The number of thiophene rings is 1. The Morgan fingerprint density at radius 3 is 2.81 bits per heavy atom. The summed E-state index contributed by atoms with van der Waals surface area (Å²) in [5, 5.41) is 16.6. The summed E-state index contributed by atoms with van der Waals surface area (Å²) in [4.78, 5) is 34.2. The molecule has 3 aliphatic rings. The number of fused-ring (bicyclic) bond motifs is 5. The van der Waals surface area contributed by atoms with Crippen molar-refractivity contribution >= 4 is 56.1 Å². The molecule has 0 amide bonds. The van der Waals surface area contributed by atoms with Gasteiger partial charge in [0.25, 0.3) is 0 Å². The quantitative estimate of drug-likeness (QED) is 0.413. The van der Waals surface area contributed by atoms with Crippen LogP contribution < -0.4 is 5.32 Å². The molecule has 10 heteroatoms. The summed E-state index contributed by atoms with van der Waals surface area (Å²) in [5.74, 6) is 0.644. The van der Waals surface area contributed by atoms with Gasteiger partial charge in [-0.2, -0.15) is 0 Å². The fraction of sp³-hybridized carbons (Fsp3) is 0.381. The van der Waals surface area contributed by atoms with E-state index in [1.165, 1.54) is 17.5 Å². The fourth-order valence-corrected chi connectivity index (χ4v) is 6.19. The molecular weight excluding hydrogens is 436 g/mol. The van der Waals surface area contributed by atoms with Crippen LogP contribution in [0.25, 0.3) is 32.8 Å². The van der Waals surface area contributed by atoms with E-state index in [4.69, 9.17) is 21.6 Å². The molecule has 3 N–H and O–H groups in total. The molecule has 4 heterocycles. The third kappa shape index (κ3) is 3.06. The van der Waals surface area contributed by atoms with Crippen LogP contribution in [0.3, 0.4) is 0 Å². The molecule has 4 aromatic heterocycles. The lowest BCUT2D eigenvalue weighted by Crippen LogP contribution is -2.51. The van der Waals surface area contributed by atoms with Crippen molar-refractivity contribution in [3.63, 3.8) is 0 Å². The Kier molecular flexibility index (Phi) is 4.36. The summed E-state index contributed by atoms with van der Waals surface area (Å²) in [6.45, 7) is 0. The van der Waals surface area contributed by atoms with E-state index >= 15 is 0 Å². The second kappa shape index (κ2) is 7.13. The van der Waals surface area contributed by atoms with Crippen LogP contribution in [0.1, 0.15) is 25.7 Å². The van der Waals surface area contributed by atoms with Gasteiger partial charge in [0, 0.05) is 12.2 Å². The minimum atomic E-state index is -0.718. The molecule has 0 spiro atoms. The Morgan fingerprint density at radius 2 is 2.00 bits per heavy atom. The lowest BCUT2D eigenvalue weighted by Gasteiger charge is -2.47. The standard InChI is InChI=1S/C21H19ClN6O2S/c22-13-8-24-19-16(25-13)12(7-23-19)18-27-17(11-5-6-31-20(11)28-18)26-15-10-3-1-9(2-4-10)14(15)21(29)30/h5-10,14-15H,1-4H2,(H,23,24)(H,29,30)(H,26,27,28). The van der Waals surface area contributed by atoms with Crippen molar-refractivity contribution in [2.45, 2.75) is 31.7 Å². The molecular formula is C21H19ClN6O2S. The minimum Gasteiger partial charge on any atom is -0.481 e. The lowest BCUT2D eigenvalue weighted by molar-refractivity contribution is -0.148. The molecule has 0 aromatic carbocycles. The molecule has 3 fully saturated rings. The zero-order chi connectivity index (χ0) is 21.1. The topological polar surface area (TPSA) is 117 Å². The van der Waals surface area contributed by atoms with Crippen LogP contribution in [-0.4, -0.2) is 42.0 Å². The summed E-state index contributed by atoms with van der Waals surface area (Å²) >= 11 is 7.59. The zero-order valence-corrected chi connectivity index (χ0v) is 18.0. The highest BCUT2D eigenvalue weighted by molar-refractivity contribution is 7.16. The number of carboxylic acids is 1. The monoisotopic (exact) mass is 454 g/mol. The van der Waals surface area contributed by atoms with Gasteiger partial charge in [0.2, 0.25) is 0 Å². The van der Waals surface area contributed by atoms with Crippen LogP contribution in [0.4, 0.5) is 5.82 Å². The number of carboxylic acid groups (broad SMARTS) is 1. The summed E-state index contributed by atoms with van der Waals surface area (Å²) < 4.78 is 0. The van der Waals surface area contributed by atoms with Crippen molar-refractivity contribution in [3.8, 4) is 11.4 Å². The summed E-state index contributed by atoms with van der Waals surface area (Å²) in [6, 6.07) is 1.85. The Bertz CT molecular complexity index is 1310. The van der Waals surface area contributed by atoms with Crippen LogP contribution >= 0.6 is 22.9 Å². The Balaban J connectivity index is 1.46. The predicted octanol–water partition coefficient (Wildman–Crippen LogP) is 4.58. The molecule has 2 atom stereocenters. The van der Waals surface area contributed by atoms with Gasteiger partial charge in [0.15, 0.2) is 11.5 Å². The van der Waals surface area contributed by atoms with Crippen LogP contribution in [-0.2, 0) is 4.79 Å². The van der Waals surface area contributed by atoms with Crippen molar-refractivity contribution in [1.82, 2.24) is 24.9 Å². The first kappa shape index (κ1) is 18.9. The fourth-order valence-electron chi connectivity index (χ4n) is 5.30. The highest BCUT2D eigenvalue weighted by atomic mass is 35.5. The number of hydrogen-bond acceptors (Lipinski definition) is 7. The Hall–Kier alpha value is -2.78. The van der Waals surface area contributed by atoms with Crippen LogP contribution in [0, 0.1) is 17.8 Å². The number of nitrogens with one attached hydrogen (secondary N) is 2. The molecule has 2 bridgehead atoms. The molecule has 0 radical (unpaired) electrons. The van der Waals surface area contributed by atoms with Crippen molar-refractivity contribution < 1.29 is 9.90 Å². The third-order valence-corrected chi connectivity index (χ3v) is 7.71. The van der Waals surface area contributed by atoms with E-state index in [1.807, 2.05) is 11.4 Å². The van der Waals surface area contributed by atoms with Crippen LogP contribution in [0.15, 0.2) is 23.8 Å². The number of aromatic nitrogens is 5. The van der Waals surface area contributed by atoms with Gasteiger partial charge >= 0.3 is 5.97 Å². The summed E-state index contributed by atoms with van der Waals surface area (Å²) in [7, 11) is 0. The number of aliphatic carboxylic acids is 1. The molecule has 2 unspecified atom stereocenters. The van der Waals surface area contributed by atoms with Gasteiger partial charge in [-0.25, -0.2) is 19.9 Å². The second-order valence-electron chi connectivity index (χ2n) is 8.34. The van der Waals surface area contributed by atoms with Gasteiger partial charge in [-0.1, -0.05) is 11.6 Å². The number of nitrogens with zero attached hydrogens (tertiary/aromatic N) is 4. The number of anilines is 1. The van der Waals surface area contributed by atoms with Crippen molar-refractivity contribution in [1.29, 1.82) is 0 Å². The normalized spacial score (nSPS) is 25.3. The molecule has 3 saturated carbocycles. The van der Waals surface area contributed by atoms with E-state index in [-0.39, 0.29) is 12.0 Å². The first-order valence-electron chi connectivity index (χ1n) is 10.3. The number of rotatable bonds is 4. The van der Waals surface area contributed by atoms with E-state index in [9.17, 15) is 9.90 Å². The van der Waals surface area contributed by atoms with Gasteiger partial charge < -0.3 is 15.4 Å². The minimum absolute atomic E-state index is 0.131. The van der Waals surface area contributed by atoms with Gasteiger partial charge in [-0.05, 0) is 49.0 Å². The van der Waals surface area contributed by atoms with E-state index in [1.54, 1.807) is 6.20 Å². The lowest BCUT2D eigenvalue weighted by atomic mass is 9.61. The number of aromatic amines is 1. The molecule has 7 rings (SSSR count). The second-order valence-corrected chi connectivity index (χ2v) is 9.62. The summed E-state index contributed by atoms with van der Waals surface area (Å²) in [5.41, 5.74) is 1.93. The van der Waals surface area contributed by atoms with Gasteiger partial charge in [0.05, 0.1) is 23.1 Å². The molecule has 4 aromatic rings. The van der Waals surface area contributed by atoms with Crippen LogP contribution in [0.2, 0.25) is 5.15 Å². The molecule has 8 nitrogen and oxygen atoms in total. The maximum absolute atomic E-state index is 12.1. The third-order valence-electron chi connectivity index (χ3n) is 6.73. The maximum atomic E-state index is 12.1. The zero-order valence-electron chi connectivity index (χ0n) is 16.4. The van der Waals surface area contributed by atoms with E-state index in [2.05, 4.69) is 20.3 Å². The average Bonchev–Trinajstić information content (AvgIpc) is 3.41. The van der Waals surface area contributed by atoms with Crippen molar-refractivity contribution in [2.24, 2.45) is 17.8 Å². The number of hydrogen-bond donors (Lipinski definition) is 3. The smallest absolute Gasteiger partial charge is 0.308 e. The van der Waals surface area contributed by atoms with Gasteiger partial charge in [-0.15, -0.1) is 11.3 Å². The molecule has 31 heavy (non-hydrogen) atoms. The molecule has 0 saturated heterocycles. The van der Waals surface area contributed by atoms with Crippen LogP contribution in [0.5, 0.6) is 0 Å². The Labute approximate surface area is 186 Å². The SMILES string of the molecule is O=C(O)C1C2CCC(CC2)C1Nc1nc(-c2c[nH]c3ncc(Cl)nc23)nc2sccc12. The van der Waals surface area contributed by atoms with E-state index in [0.29, 0.717) is 39.4 Å². The maximum Gasteiger partial charge on any atom is 0.308 e. The molecule has 158 valence electrons. The molecule has 3 aliphatic carbocycles. The highest BCUT2D eigenvalue weighted by Gasteiger charge is 2.47. The molecule has 0 aliphatic heterocycles. The number of halogens is 1. The van der Waals surface area contributed by atoms with Crippen molar-refractivity contribution in [2.75, 3.05) is 5.32 Å². The van der Waals surface area contributed by atoms with Crippen molar-refractivity contribution in [3.05, 3.63) is 29.0 Å². The Morgan fingerprint density at radius 1 is 1.19 bits per heavy atom. The van der Waals surface area contributed by atoms with Gasteiger partial charge in [0.1, 0.15) is 21.3 Å². The summed E-state index contributed by atoms with van der Waals surface area (Å²) in [6.07, 6.45) is 7.39. The van der Waals surface area contributed by atoms with E-state index in [0.717, 1.165) is 35.9 Å². The highest BCUT2D eigenvalue weighted by Crippen LogP contribution is 2.47.